The first-order valence-corrected chi connectivity index (χ1v) is 8.34. The van der Waals surface area contributed by atoms with Gasteiger partial charge in [0.25, 0.3) is 0 Å². The molecule has 126 valence electrons. The molecule has 0 fully saturated rings. The average Bonchev–Trinajstić information content (AvgIpc) is 2.45. The number of halogens is 2. The molecule has 0 radical (unpaired) electrons. The zero-order chi connectivity index (χ0) is 16.2. The molecule has 0 aliphatic carbocycles. The van der Waals surface area contributed by atoms with Crippen LogP contribution in [0.4, 0.5) is 0 Å². The molecule has 0 aliphatic rings. The summed E-state index contributed by atoms with van der Waals surface area (Å²) < 4.78 is 7.09. The lowest BCUT2D eigenvalue weighted by Crippen LogP contribution is -2.35. The lowest BCUT2D eigenvalue weighted by atomic mass is 10.1. The highest BCUT2D eigenvalue weighted by Gasteiger charge is 2.11. The van der Waals surface area contributed by atoms with Crippen LogP contribution in [0.3, 0.4) is 0 Å². The highest BCUT2D eigenvalue weighted by Crippen LogP contribution is 2.24. The standard InChI is InChI=1S/C19H24BrNO.ClH/c1-14-5-7-15(8-6-14)13-22-18-10-9-17(20)11-16(18)12-21-19(2,3)4;/h5-11,21H,12-13H2,1-4H3;1H. The fourth-order valence-corrected chi connectivity index (χ4v) is 2.44. The van der Waals surface area contributed by atoms with Crippen LogP contribution < -0.4 is 10.1 Å². The quantitative estimate of drug-likeness (QED) is 0.703. The Morgan fingerprint density at radius 1 is 1.04 bits per heavy atom. The van der Waals surface area contributed by atoms with E-state index < -0.39 is 0 Å². The van der Waals surface area contributed by atoms with E-state index in [4.69, 9.17) is 4.74 Å². The smallest absolute Gasteiger partial charge is 0.124 e. The van der Waals surface area contributed by atoms with Crippen molar-refractivity contribution in [3.63, 3.8) is 0 Å². The maximum absolute atomic E-state index is 6.02. The molecular weight excluding hydrogens is 374 g/mol. The van der Waals surface area contributed by atoms with Crippen molar-refractivity contribution < 1.29 is 4.74 Å². The van der Waals surface area contributed by atoms with Crippen LogP contribution in [0.5, 0.6) is 5.75 Å². The second-order valence-corrected chi connectivity index (χ2v) is 7.55. The number of ether oxygens (including phenoxy) is 1. The molecule has 23 heavy (non-hydrogen) atoms. The molecule has 0 aromatic heterocycles. The van der Waals surface area contributed by atoms with Gasteiger partial charge in [0.1, 0.15) is 12.4 Å². The number of hydrogen-bond donors (Lipinski definition) is 1. The zero-order valence-electron chi connectivity index (χ0n) is 14.2. The van der Waals surface area contributed by atoms with E-state index in [9.17, 15) is 0 Å². The fraction of sp³-hybridized carbons (Fsp3) is 0.368. The maximum Gasteiger partial charge on any atom is 0.124 e. The van der Waals surface area contributed by atoms with Crippen molar-refractivity contribution in [2.24, 2.45) is 0 Å². The van der Waals surface area contributed by atoms with Crippen LogP contribution in [0.25, 0.3) is 0 Å². The maximum atomic E-state index is 6.02. The van der Waals surface area contributed by atoms with Gasteiger partial charge < -0.3 is 10.1 Å². The highest BCUT2D eigenvalue weighted by atomic mass is 79.9. The van der Waals surface area contributed by atoms with Gasteiger partial charge in [-0.1, -0.05) is 45.8 Å². The van der Waals surface area contributed by atoms with Crippen molar-refractivity contribution in [3.05, 3.63) is 63.6 Å². The number of rotatable bonds is 5. The van der Waals surface area contributed by atoms with Crippen LogP contribution in [-0.2, 0) is 13.2 Å². The Morgan fingerprint density at radius 3 is 2.30 bits per heavy atom. The predicted octanol–water partition coefficient (Wildman–Crippen LogP) is 5.65. The Morgan fingerprint density at radius 2 is 1.70 bits per heavy atom. The van der Waals surface area contributed by atoms with E-state index >= 15 is 0 Å². The van der Waals surface area contributed by atoms with Crippen LogP contribution in [0.1, 0.15) is 37.5 Å². The molecular formula is C19H25BrClNO. The lowest BCUT2D eigenvalue weighted by Gasteiger charge is -2.22. The zero-order valence-corrected chi connectivity index (χ0v) is 16.6. The first-order chi connectivity index (χ1) is 10.3. The lowest BCUT2D eigenvalue weighted by molar-refractivity contribution is 0.300. The van der Waals surface area contributed by atoms with Gasteiger partial charge in [0.2, 0.25) is 0 Å². The van der Waals surface area contributed by atoms with Crippen LogP contribution in [0.2, 0.25) is 0 Å². The van der Waals surface area contributed by atoms with E-state index in [1.54, 1.807) is 0 Å². The fourth-order valence-electron chi connectivity index (χ4n) is 2.03. The SMILES string of the molecule is Cc1ccc(COc2ccc(Br)cc2CNC(C)(C)C)cc1.Cl. The molecule has 2 aromatic carbocycles. The van der Waals surface area contributed by atoms with Crippen molar-refractivity contribution in [2.45, 2.75) is 46.4 Å². The summed E-state index contributed by atoms with van der Waals surface area (Å²) in [4.78, 5) is 0. The number of nitrogens with one attached hydrogen (secondary N) is 1. The van der Waals surface area contributed by atoms with Gasteiger partial charge in [0, 0.05) is 22.1 Å². The molecule has 2 rings (SSSR count). The van der Waals surface area contributed by atoms with Crippen molar-refractivity contribution in [1.29, 1.82) is 0 Å². The van der Waals surface area contributed by atoms with Gasteiger partial charge in [-0.2, -0.15) is 0 Å². The van der Waals surface area contributed by atoms with Crippen molar-refractivity contribution in [1.82, 2.24) is 5.32 Å². The number of hydrogen-bond acceptors (Lipinski definition) is 2. The Bertz CT molecular complexity index is 620. The summed E-state index contributed by atoms with van der Waals surface area (Å²) in [5.74, 6) is 0.931. The Balaban J connectivity index is 0.00000264. The van der Waals surface area contributed by atoms with E-state index in [0.717, 1.165) is 22.3 Å². The van der Waals surface area contributed by atoms with E-state index in [2.05, 4.69) is 79.3 Å². The third-order valence-corrected chi connectivity index (χ3v) is 3.84. The Hall–Kier alpha value is -1.03. The third kappa shape index (κ3) is 6.94. The molecule has 0 unspecified atom stereocenters. The monoisotopic (exact) mass is 397 g/mol. The topological polar surface area (TPSA) is 21.3 Å². The second kappa shape index (κ2) is 8.72. The molecule has 0 saturated heterocycles. The summed E-state index contributed by atoms with van der Waals surface area (Å²) in [6.07, 6.45) is 0. The Labute approximate surface area is 154 Å². The molecule has 0 saturated carbocycles. The summed E-state index contributed by atoms with van der Waals surface area (Å²) in [6, 6.07) is 14.6. The first kappa shape index (κ1) is 20.0. The summed E-state index contributed by atoms with van der Waals surface area (Å²) in [7, 11) is 0. The minimum absolute atomic E-state index is 0. The molecule has 0 bridgehead atoms. The normalized spacial score (nSPS) is 11.0. The van der Waals surface area contributed by atoms with Gasteiger partial charge >= 0.3 is 0 Å². The number of aryl methyl sites for hydroxylation is 1. The molecule has 2 aromatic rings. The van der Waals surface area contributed by atoms with Crippen molar-refractivity contribution >= 4 is 28.3 Å². The van der Waals surface area contributed by atoms with Crippen LogP contribution in [-0.4, -0.2) is 5.54 Å². The minimum atomic E-state index is 0. The molecule has 0 aliphatic heterocycles. The first-order valence-electron chi connectivity index (χ1n) is 7.55. The summed E-state index contributed by atoms with van der Waals surface area (Å²) >= 11 is 3.54. The van der Waals surface area contributed by atoms with Gasteiger partial charge in [-0.05, 0) is 51.5 Å². The predicted molar refractivity (Wildman–Crippen MR) is 103 cm³/mol. The minimum Gasteiger partial charge on any atom is -0.489 e. The summed E-state index contributed by atoms with van der Waals surface area (Å²) in [5, 5.41) is 3.51. The molecule has 0 atom stereocenters. The van der Waals surface area contributed by atoms with Crippen LogP contribution >= 0.6 is 28.3 Å². The van der Waals surface area contributed by atoms with E-state index in [1.807, 2.05) is 12.1 Å². The molecule has 0 amide bonds. The van der Waals surface area contributed by atoms with Gasteiger partial charge in [-0.3, -0.25) is 0 Å². The van der Waals surface area contributed by atoms with E-state index in [1.165, 1.54) is 11.1 Å². The second-order valence-electron chi connectivity index (χ2n) is 6.63. The van der Waals surface area contributed by atoms with Crippen LogP contribution in [0.15, 0.2) is 46.9 Å². The third-order valence-electron chi connectivity index (χ3n) is 3.35. The largest absolute Gasteiger partial charge is 0.489 e. The molecule has 0 heterocycles. The summed E-state index contributed by atoms with van der Waals surface area (Å²) in [6.45, 7) is 9.96. The molecule has 1 N–H and O–H groups in total. The molecule has 0 spiro atoms. The highest BCUT2D eigenvalue weighted by molar-refractivity contribution is 9.10. The molecule has 2 nitrogen and oxygen atoms in total. The van der Waals surface area contributed by atoms with Gasteiger partial charge in [0.05, 0.1) is 0 Å². The summed E-state index contributed by atoms with van der Waals surface area (Å²) in [5.41, 5.74) is 3.69. The Kier molecular flexibility index (Phi) is 7.59. The average molecular weight is 399 g/mol. The van der Waals surface area contributed by atoms with Gasteiger partial charge in [-0.15, -0.1) is 12.4 Å². The van der Waals surface area contributed by atoms with E-state index in [-0.39, 0.29) is 17.9 Å². The van der Waals surface area contributed by atoms with Gasteiger partial charge in [0.15, 0.2) is 0 Å². The molecule has 4 heteroatoms. The van der Waals surface area contributed by atoms with Crippen molar-refractivity contribution in [2.75, 3.05) is 0 Å². The van der Waals surface area contributed by atoms with E-state index in [0.29, 0.717) is 6.61 Å². The van der Waals surface area contributed by atoms with Crippen LogP contribution in [0, 0.1) is 6.92 Å². The number of benzene rings is 2. The van der Waals surface area contributed by atoms with Gasteiger partial charge in [-0.25, -0.2) is 0 Å². The van der Waals surface area contributed by atoms with Crippen molar-refractivity contribution in [3.8, 4) is 5.75 Å².